The summed E-state index contributed by atoms with van der Waals surface area (Å²) in [7, 11) is 0. The highest BCUT2D eigenvalue weighted by Crippen LogP contribution is 2.30. The molecule has 2 aromatic carbocycles. The number of nitrogens with one attached hydrogen (secondary N) is 1. The molecule has 3 rings (SSSR count). The standard InChI is InChI=1S/C17H14N2O2S/c1-11(20)18-14-6-2-12(3-7-14)16-10-22-17(19-16)13-4-8-15(21)9-5-13/h2-10,21H,1H3,(H,18,20). The Hall–Kier alpha value is -2.66. The van der Waals surface area contributed by atoms with E-state index in [0.717, 1.165) is 27.5 Å². The number of carbonyl (C=O) groups is 1. The summed E-state index contributed by atoms with van der Waals surface area (Å²) in [6, 6.07) is 14.6. The first-order valence-electron chi connectivity index (χ1n) is 6.75. The fraction of sp³-hybridized carbons (Fsp3) is 0.0588. The lowest BCUT2D eigenvalue weighted by Gasteiger charge is -2.02. The Kier molecular flexibility index (Phi) is 3.89. The first-order chi connectivity index (χ1) is 10.6. The van der Waals surface area contributed by atoms with Crippen molar-refractivity contribution >= 4 is 22.9 Å². The van der Waals surface area contributed by atoms with Crippen LogP contribution in [0, 0.1) is 0 Å². The monoisotopic (exact) mass is 310 g/mol. The number of benzene rings is 2. The molecule has 110 valence electrons. The molecular weight excluding hydrogens is 296 g/mol. The number of aromatic nitrogens is 1. The average Bonchev–Trinajstić information content (AvgIpc) is 2.98. The van der Waals surface area contributed by atoms with Crippen molar-refractivity contribution in [3.05, 3.63) is 53.9 Å². The zero-order valence-electron chi connectivity index (χ0n) is 11.9. The van der Waals surface area contributed by atoms with E-state index in [1.165, 1.54) is 6.92 Å². The molecule has 3 aromatic rings. The zero-order chi connectivity index (χ0) is 15.5. The number of anilines is 1. The molecule has 0 aliphatic carbocycles. The summed E-state index contributed by atoms with van der Waals surface area (Å²) in [6.45, 7) is 1.48. The highest BCUT2D eigenvalue weighted by molar-refractivity contribution is 7.13. The molecule has 1 amide bonds. The number of aromatic hydroxyl groups is 1. The van der Waals surface area contributed by atoms with Crippen LogP contribution in [-0.4, -0.2) is 16.0 Å². The number of nitrogens with zero attached hydrogens (tertiary/aromatic N) is 1. The predicted octanol–water partition coefficient (Wildman–Crippen LogP) is 4.14. The molecule has 0 atom stereocenters. The van der Waals surface area contributed by atoms with Crippen LogP contribution in [0.5, 0.6) is 5.75 Å². The van der Waals surface area contributed by atoms with E-state index in [9.17, 15) is 9.90 Å². The van der Waals surface area contributed by atoms with E-state index in [4.69, 9.17) is 0 Å². The summed E-state index contributed by atoms with van der Waals surface area (Å²) in [5.74, 6) is 0.158. The van der Waals surface area contributed by atoms with Crippen molar-refractivity contribution in [3.63, 3.8) is 0 Å². The van der Waals surface area contributed by atoms with Crippen LogP contribution in [0.1, 0.15) is 6.92 Å². The molecule has 0 aliphatic rings. The molecule has 1 heterocycles. The van der Waals surface area contributed by atoms with Gasteiger partial charge in [-0.15, -0.1) is 11.3 Å². The lowest BCUT2D eigenvalue weighted by atomic mass is 10.1. The van der Waals surface area contributed by atoms with Gasteiger partial charge in [0.25, 0.3) is 0 Å². The van der Waals surface area contributed by atoms with Crippen LogP contribution in [0.3, 0.4) is 0 Å². The minimum Gasteiger partial charge on any atom is -0.508 e. The number of thiazole rings is 1. The van der Waals surface area contributed by atoms with Gasteiger partial charge in [0.05, 0.1) is 5.69 Å². The Morgan fingerprint density at radius 3 is 2.32 bits per heavy atom. The Labute approximate surface area is 132 Å². The summed E-state index contributed by atoms with van der Waals surface area (Å²) in [5, 5.41) is 15.0. The van der Waals surface area contributed by atoms with Crippen LogP contribution in [0.2, 0.25) is 0 Å². The third kappa shape index (κ3) is 3.15. The molecule has 0 saturated heterocycles. The summed E-state index contributed by atoms with van der Waals surface area (Å²) in [4.78, 5) is 15.6. The molecule has 0 unspecified atom stereocenters. The molecule has 0 bridgehead atoms. The normalized spacial score (nSPS) is 10.4. The largest absolute Gasteiger partial charge is 0.508 e. The molecule has 4 nitrogen and oxygen atoms in total. The van der Waals surface area contributed by atoms with Gasteiger partial charge < -0.3 is 10.4 Å². The summed E-state index contributed by atoms with van der Waals surface area (Å²) in [6.07, 6.45) is 0. The third-order valence-electron chi connectivity index (χ3n) is 3.12. The minimum absolute atomic E-state index is 0.0870. The minimum atomic E-state index is -0.0870. The van der Waals surface area contributed by atoms with E-state index in [0.29, 0.717) is 0 Å². The van der Waals surface area contributed by atoms with Crippen LogP contribution < -0.4 is 5.32 Å². The fourth-order valence-electron chi connectivity index (χ4n) is 2.07. The summed E-state index contributed by atoms with van der Waals surface area (Å²) in [5.41, 5.74) is 3.63. The molecule has 1 aromatic heterocycles. The van der Waals surface area contributed by atoms with Crippen molar-refractivity contribution in [3.8, 4) is 27.6 Å². The SMILES string of the molecule is CC(=O)Nc1ccc(-c2csc(-c3ccc(O)cc3)n2)cc1. The lowest BCUT2D eigenvalue weighted by Crippen LogP contribution is -2.05. The Morgan fingerprint density at radius 2 is 1.68 bits per heavy atom. The number of hydrogen-bond donors (Lipinski definition) is 2. The van der Waals surface area contributed by atoms with Crippen LogP contribution >= 0.6 is 11.3 Å². The molecule has 0 aliphatic heterocycles. The number of phenolic OH excluding ortho intramolecular Hbond substituents is 1. The number of hydrogen-bond acceptors (Lipinski definition) is 4. The van der Waals surface area contributed by atoms with Crippen LogP contribution in [0.25, 0.3) is 21.8 Å². The zero-order valence-corrected chi connectivity index (χ0v) is 12.7. The maximum absolute atomic E-state index is 11.0. The highest BCUT2D eigenvalue weighted by atomic mass is 32.1. The maximum atomic E-state index is 11.0. The smallest absolute Gasteiger partial charge is 0.221 e. The van der Waals surface area contributed by atoms with E-state index in [-0.39, 0.29) is 11.7 Å². The first-order valence-corrected chi connectivity index (χ1v) is 7.63. The third-order valence-corrected chi connectivity index (χ3v) is 4.01. The lowest BCUT2D eigenvalue weighted by molar-refractivity contribution is -0.114. The van der Waals surface area contributed by atoms with Crippen molar-refractivity contribution in [2.24, 2.45) is 0 Å². The Bertz CT molecular complexity index is 792. The van der Waals surface area contributed by atoms with E-state index in [1.807, 2.05) is 41.8 Å². The van der Waals surface area contributed by atoms with Crippen molar-refractivity contribution in [2.45, 2.75) is 6.92 Å². The van der Waals surface area contributed by atoms with E-state index >= 15 is 0 Å². The van der Waals surface area contributed by atoms with Gasteiger partial charge in [0.1, 0.15) is 10.8 Å². The number of carbonyl (C=O) groups excluding carboxylic acids is 1. The molecule has 2 N–H and O–H groups in total. The Balaban J connectivity index is 1.84. The van der Waals surface area contributed by atoms with Gasteiger partial charge in [-0.2, -0.15) is 0 Å². The molecule has 0 saturated carbocycles. The number of phenols is 1. The van der Waals surface area contributed by atoms with Gasteiger partial charge in [-0.05, 0) is 36.4 Å². The van der Waals surface area contributed by atoms with Gasteiger partial charge in [-0.25, -0.2) is 4.98 Å². The number of rotatable bonds is 3. The van der Waals surface area contributed by atoms with Crippen molar-refractivity contribution < 1.29 is 9.90 Å². The second-order valence-corrected chi connectivity index (χ2v) is 5.70. The summed E-state index contributed by atoms with van der Waals surface area (Å²) >= 11 is 1.56. The highest BCUT2D eigenvalue weighted by Gasteiger charge is 2.07. The van der Waals surface area contributed by atoms with Gasteiger partial charge in [0.2, 0.25) is 5.91 Å². The maximum Gasteiger partial charge on any atom is 0.221 e. The van der Waals surface area contributed by atoms with Gasteiger partial charge in [-0.1, -0.05) is 12.1 Å². The number of amides is 1. The van der Waals surface area contributed by atoms with E-state index in [2.05, 4.69) is 10.3 Å². The quantitative estimate of drug-likeness (QED) is 0.764. The molecular formula is C17H14N2O2S. The van der Waals surface area contributed by atoms with E-state index < -0.39 is 0 Å². The van der Waals surface area contributed by atoms with Crippen molar-refractivity contribution in [2.75, 3.05) is 5.32 Å². The molecule has 0 fully saturated rings. The Morgan fingerprint density at radius 1 is 1.05 bits per heavy atom. The van der Waals surface area contributed by atoms with Gasteiger partial charge in [0, 0.05) is 29.1 Å². The summed E-state index contributed by atoms with van der Waals surface area (Å²) < 4.78 is 0. The molecule has 0 radical (unpaired) electrons. The molecule has 22 heavy (non-hydrogen) atoms. The van der Waals surface area contributed by atoms with Crippen LogP contribution in [0.4, 0.5) is 5.69 Å². The van der Waals surface area contributed by atoms with Crippen LogP contribution in [0.15, 0.2) is 53.9 Å². The van der Waals surface area contributed by atoms with Gasteiger partial charge >= 0.3 is 0 Å². The van der Waals surface area contributed by atoms with Crippen molar-refractivity contribution in [1.82, 2.24) is 4.98 Å². The van der Waals surface area contributed by atoms with Gasteiger partial charge in [0.15, 0.2) is 0 Å². The average molecular weight is 310 g/mol. The van der Waals surface area contributed by atoms with E-state index in [1.54, 1.807) is 23.5 Å². The van der Waals surface area contributed by atoms with Gasteiger partial charge in [-0.3, -0.25) is 4.79 Å². The molecule has 5 heteroatoms. The van der Waals surface area contributed by atoms with Crippen molar-refractivity contribution in [1.29, 1.82) is 0 Å². The second-order valence-electron chi connectivity index (χ2n) is 4.84. The van der Waals surface area contributed by atoms with Crippen LogP contribution in [-0.2, 0) is 4.79 Å². The predicted molar refractivity (Wildman–Crippen MR) is 89.0 cm³/mol. The fourth-order valence-corrected chi connectivity index (χ4v) is 2.91. The first kappa shape index (κ1) is 14.3. The second kappa shape index (κ2) is 5.99. The molecule has 0 spiro atoms. The topological polar surface area (TPSA) is 62.2 Å².